The van der Waals surface area contributed by atoms with Crippen molar-refractivity contribution in [1.82, 2.24) is 4.90 Å². The zero-order valence-electron chi connectivity index (χ0n) is 29.0. The van der Waals surface area contributed by atoms with E-state index in [1.54, 1.807) is 24.3 Å². The number of piperidine rings is 1. The molecule has 0 aliphatic carbocycles. The largest absolute Gasteiger partial charge is 0.493 e. The number of rotatable bonds is 17. The van der Waals surface area contributed by atoms with Gasteiger partial charge in [0, 0.05) is 18.3 Å². The lowest BCUT2D eigenvalue weighted by molar-refractivity contribution is -0.165. The Kier molecular flexibility index (Phi) is 14.3. The second kappa shape index (κ2) is 18.1. The molecule has 2 aromatic carbocycles. The van der Waals surface area contributed by atoms with E-state index in [0.717, 1.165) is 11.6 Å². The van der Waals surface area contributed by atoms with Gasteiger partial charge in [0.25, 0.3) is 11.8 Å². The Hall–Kier alpha value is -5.28. The van der Waals surface area contributed by atoms with Crippen LogP contribution in [0, 0.1) is 5.41 Å². The Balaban J connectivity index is 1.89. The van der Waals surface area contributed by atoms with Gasteiger partial charge in [-0.2, -0.15) is 0 Å². The van der Waals surface area contributed by atoms with Crippen molar-refractivity contribution in [2.75, 3.05) is 32.7 Å². The molecule has 1 aliphatic heterocycles. The first-order valence-electron chi connectivity index (χ1n) is 16.2. The minimum atomic E-state index is -2.36. The third kappa shape index (κ3) is 10.6. The number of ether oxygens (including phenoxy) is 4. The van der Waals surface area contributed by atoms with Crippen LogP contribution in [-0.4, -0.2) is 101 Å². The molecule has 2 aromatic rings. The number of nitrogens with one attached hydrogen (secondary N) is 1. The predicted molar refractivity (Wildman–Crippen MR) is 181 cm³/mol. The number of benzene rings is 2. The van der Waals surface area contributed by atoms with Gasteiger partial charge in [0.2, 0.25) is 5.78 Å². The number of amides is 2. The molecule has 51 heavy (non-hydrogen) atoms. The van der Waals surface area contributed by atoms with Crippen LogP contribution in [0.1, 0.15) is 56.8 Å². The average Bonchev–Trinajstić information content (AvgIpc) is 3.13. The lowest BCUT2D eigenvalue weighted by Gasteiger charge is -2.36. The van der Waals surface area contributed by atoms with Crippen LogP contribution in [0.4, 0.5) is 5.69 Å². The minimum Gasteiger partial charge on any atom is -0.493 e. The number of carbonyl (C=O) groups is 6. The number of esters is 2. The van der Waals surface area contributed by atoms with Crippen LogP contribution in [-0.2, 0) is 44.7 Å². The fourth-order valence-corrected chi connectivity index (χ4v) is 5.37. The van der Waals surface area contributed by atoms with E-state index in [1.807, 2.05) is 6.07 Å². The number of ketones is 1. The molecule has 0 radical (unpaired) electrons. The molecule has 1 saturated heterocycles. The molecule has 2 amide bonds. The Morgan fingerprint density at radius 1 is 1.00 bits per heavy atom. The Bertz CT molecular complexity index is 1620. The van der Waals surface area contributed by atoms with E-state index in [-0.39, 0.29) is 31.7 Å². The number of hydrogen-bond donors (Lipinski definition) is 4. The summed E-state index contributed by atoms with van der Waals surface area (Å²) >= 11 is 0. The number of aliphatic carboxylic acids is 1. The fraction of sp³-hybridized carbons (Fsp3) is 0.444. The van der Waals surface area contributed by atoms with Crippen LogP contribution in [0.15, 0.2) is 55.1 Å². The van der Waals surface area contributed by atoms with Gasteiger partial charge in [-0.05, 0) is 81.3 Å². The van der Waals surface area contributed by atoms with Crippen molar-refractivity contribution in [1.29, 1.82) is 0 Å². The van der Waals surface area contributed by atoms with Gasteiger partial charge >= 0.3 is 17.9 Å². The summed E-state index contributed by atoms with van der Waals surface area (Å²) < 4.78 is 21.8. The molecule has 4 N–H and O–H groups in total. The molecule has 3 unspecified atom stereocenters. The van der Waals surface area contributed by atoms with E-state index in [0.29, 0.717) is 36.3 Å². The molecule has 0 aromatic heterocycles. The molecule has 15 nitrogen and oxygen atoms in total. The molecule has 1 aliphatic rings. The summed E-state index contributed by atoms with van der Waals surface area (Å²) in [7, 11) is 3.00. The lowest BCUT2D eigenvalue weighted by atomic mass is 9.87. The lowest BCUT2D eigenvalue weighted by Crippen LogP contribution is -2.53. The number of aliphatic hydroxyl groups excluding tert-OH is 2. The van der Waals surface area contributed by atoms with E-state index >= 15 is 0 Å². The maximum Gasteiger partial charge on any atom is 0.335 e. The van der Waals surface area contributed by atoms with Gasteiger partial charge in [0.05, 0.1) is 19.6 Å². The third-order valence-electron chi connectivity index (χ3n) is 8.33. The first kappa shape index (κ1) is 40.2. The van der Waals surface area contributed by atoms with Crippen LogP contribution >= 0.6 is 0 Å². The summed E-state index contributed by atoms with van der Waals surface area (Å²) in [6.45, 7) is 5.98. The van der Waals surface area contributed by atoms with Crippen molar-refractivity contribution in [2.24, 2.45) is 5.41 Å². The first-order valence-corrected chi connectivity index (χ1v) is 16.2. The molecule has 0 saturated carbocycles. The molecular weight excluding hydrogens is 668 g/mol. The second-order valence-electron chi connectivity index (χ2n) is 12.5. The van der Waals surface area contributed by atoms with Gasteiger partial charge in [-0.25, -0.2) is 14.4 Å². The SMILES string of the molecule is C=CC(=O)OCC(C)(C)C(=O)C(=O)N1CCCC[C@H]1C(=O)OC(CCc1ccc(OC)c(OC)c1)c1cccc(NC(=O)C(O)C(O)C(=O)O)c1. The van der Waals surface area contributed by atoms with Gasteiger partial charge in [0.15, 0.2) is 23.7 Å². The number of carboxylic acids is 1. The molecular formula is C36H44N2O13. The number of Topliss-reactive ketones (excluding diaryl/α,β-unsaturated/α-hetero) is 1. The standard InChI is InChI=1S/C36H44N2O13/c1-6-28(39)50-20-36(2,3)31(42)33(44)38-17-8-7-12-24(38)35(47)51-25(15-13-21-14-16-26(48-4)27(18-21)49-5)22-10-9-11-23(19-22)37-32(43)29(40)30(41)34(45)46/h6,9-11,14,16,18-19,24-25,29-30,40-41H,1,7-8,12-13,15,17,20H2,2-5H3,(H,37,43)(H,45,46)/t24-,25?,29?,30?/m0/s1. The van der Waals surface area contributed by atoms with Crippen molar-refractivity contribution in [3.05, 3.63) is 66.2 Å². The Morgan fingerprint density at radius 3 is 2.35 bits per heavy atom. The summed E-state index contributed by atoms with van der Waals surface area (Å²) in [5, 5.41) is 30.9. The molecule has 1 heterocycles. The number of aliphatic hydroxyl groups is 2. The molecule has 0 bridgehead atoms. The molecule has 0 spiro atoms. The Labute approximate surface area is 295 Å². The number of hydrogen-bond acceptors (Lipinski definition) is 12. The number of likely N-dealkylation sites (tertiary alicyclic amines) is 1. The maximum atomic E-state index is 13.9. The van der Waals surface area contributed by atoms with Crippen LogP contribution in [0.5, 0.6) is 11.5 Å². The van der Waals surface area contributed by atoms with Crippen molar-refractivity contribution >= 4 is 41.2 Å². The molecule has 276 valence electrons. The topological polar surface area (TPSA) is 215 Å². The summed E-state index contributed by atoms with van der Waals surface area (Å²) in [5.41, 5.74) is -0.0586. The van der Waals surface area contributed by atoms with Crippen molar-refractivity contribution < 1.29 is 63.0 Å². The van der Waals surface area contributed by atoms with Crippen molar-refractivity contribution in [3.8, 4) is 11.5 Å². The number of carbonyl (C=O) groups excluding carboxylic acids is 5. The highest BCUT2D eigenvalue weighted by Gasteiger charge is 2.42. The highest BCUT2D eigenvalue weighted by atomic mass is 16.5. The first-order chi connectivity index (χ1) is 24.1. The second-order valence-corrected chi connectivity index (χ2v) is 12.5. The van der Waals surface area contributed by atoms with Crippen molar-refractivity contribution in [3.63, 3.8) is 0 Å². The van der Waals surface area contributed by atoms with E-state index in [9.17, 15) is 39.0 Å². The summed E-state index contributed by atoms with van der Waals surface area (Å²) in [6.07, 6.45) is -2.71. The highest BCUT2D eigenvalue weighted by Crippen LogP contribution is 2.32. The zero-order chi connectivity index (χ0) is 37.9. The third-order valence-corrected chi connectivity index (χ3v) is 8.33. The smallest absolute Gasteiger partial charge is 0.335 e. The monoisotopic (exact) mass is 712 g/mol. The van der Waals surface area contributed by atoms with Crippen LogP contribution in [0.2, 0.25) is 0 Å². The summed E-state index contributed by atoms with van der Waals surface area (Å²) in [4.78, 5) is 77.0. The van der Waals surface area contributed by atoms with Crippen molar-refractivity contribution in [2.45, 2.75) is 70.3 Å². The molecule has 1 fully saturated rings. The van der Waals surface area contributed by atoms with Gasteiger partial charge < -0.3 is 44.5 Å². The van der Waals surface area contributed by atoms with E-state index in [2.05, 4.69) is 11.9 Å². The molecule has 15 heteroatoms. The normalized spacial score (nSPS) is 16.1. The summed E-state index contributed by atoms with van der Waals surface area (Å²) in [6, 6.07) is 10.3. The molecule has 3 rings (SSSR count). The van der Waals surface area contributed by atoms with E-state index in [4.69, 9.17) is 24.1 Å². The van der Waals surface area contributed by atoms with Gasteiger partial charge in [-0.15, -0.1) is 0 Å². The highest BCUT2D eigenvalue weighted by molar-refractivity contribution is 6.38. The van der Waals surface area contributed by atoms with Gasteiger partial charge in [-0.1, -0.05) is 24.8 Å². The Morgan fingerprint density at radius 2 is 1.71 bits per heavy atom. The van der Waals surface area contributed by atoms with Crippen LogP contribution < -0.4 is 14.8 Å². The number of aryl methyl sites for hydroxylation is 1. The fourth-order valence-electron chi connectivity index (χ4n) is 5.37. The summed E-state index contributed by atoms with van der Waals surface area (Å²) in [5.74, 6) is -5.24. The number of nitrogens with zero attached hydrogens (tertiary/aromatic N) is 1. The average molecular weight is 713 g/mol. The van der Waals surface area contributed by atoms with E-state index in [1.165, 1.54) is 45.1 Å². The van der Waals surface area contributed by atoms with Gasteiger partial charge in [-0.3, -0.25) is 14.4 Å². The zero-order valence-corrected chi connectivity index (χ0v) is 29.0. The minimum absolute atomic E-state index is 0.112. The maximum absolute atomic E-state index is 13.9. The number of carboxylic acid groups (broad SMARTS) is 1. The van der Waals surface area contributed by atoms with Crippen LogP contribution in [0.3, 0.4) is 0 Å². The van der Waals surface area contributed by atoms with Crippen LogP contribution in [0.25, 0.3) is 0 Å². The molecule has 4 atom stereocenters. The number of methoxy groups -OCH3 is 2. The quantitative estimate of drug-likeness (QED) is 0.105. The van der Waals surface area contributed by atoms with E-state index < -0.39 is 65.3 Å². The van der Waals surface area contributed by atoms with Gasteiger partial charge in [0.1, 0.15) is 18.8 Å². The predicted octanol–water partition coefficient (Wildman–Crippen LogP) is 2.37. The number of anilines is 1.